The maximum Gasteiger partial charge on any atom is 0.274 e. The van der Waals surface area contributed by atoms with Crippen molar-refractivity contribution in [1.82, 2.24) is 5.16 Å². The number of aromatic nitrogens is 1. The minimum absolute atomic E-state index is 0.0311. The molecule has 26 heavy (non-hydrogen) atoms. The zero-order chi connectivity index (χ0) is 18.9. The second-order valence-corrected chi connectivity index (χ2v) is 8.79. The van der Waals surface area contributed by atoms with Crippen LogP contribution in [0.25, 0.3) is 11.1 Å². The number of ether oxygens (including phenoxy) is 2. The monoisotopic (exact) mass is 458 g/mol. The third-order valence-corrected chi connectivity index (χ3v) is 7.34. The zero-order valence-electron chi connectivity index (χ0n) is 14.1. The smallest absolute Gasteiger partial charge is 0.274 e. The van der Waals surface area contributed by atoms with Gasteiger partial charge in [0.15, 0.2) is 0 Å². The van der Waals surface area contributed by atoms with Crippen molar-refractivity contribution < 1.29 is 22.4 Å². The summed E-state index contributed by atoms with van der Waals surface area (Å²) in [6.45, 7) is 1.70. The van der Waals surface area contributed by atoms with Crippen LogP contribution in [-0.4, -0.2) is 27.8 Å². The first-order valence-electron chi connectivity index (χ1n) is 7.32. The number of benzene rings is 1. The predicted molar refractivity (Wildman–Crippen MR) is 103 cm³/mol. The van der Waals surface area contributed by atoms with Crippen LogP contribution in [0.4, 0.5) is 5.88 Å². The second kappa shape index (κ2) is 7.29. The quantitative estimate of drug-likeness (QED) is 0.592. The van der Waals surface area contributed by atoms with E-state index < -0.39 is 10.0 Å². The molecule has 3 rings (SSSR count). The Labute approximate surface area is 163 Å². The number of nitrogens with zero attached hydrogens (tertiary/aromatic N) is 1. The number of anilines is 1. The molecule has 2 heterocycles. The summed E-state index contributed by atoms with van der Waals surface area (Å²) < 4.78 is 44.4. The van der Waals surface area contributed by atoms with Gasteiger partial charge in [-0.25, -0.2) is 13.1 Å². The van der Waals surface area contributed by atoms with Crippen molar-refractivity contribution in [3.8, 4) is 22.6 Å². The van der Waals surface area contributed by atoms with E-state index in [1.807, 2.05) is 0 Å². The van der Waals surface area contributed by atoms with Gasteiger partial charge in [-0.3, -0.25) is 0 Å². The first kappa shape index (κ1) is 18.7. The lowest BCUT2D eigenvalue weighted by molar-refractivity contribution is 0.395. The number of hydrogen-bond donors (Lipinski definition) is 1. The van der Waals surface area contributed by atoms with Gasteiger partial charge < -0.3 is 14.0 Å². The molecule has 0 atom stereocenters. The minimum atomic E-state index is -3.88. The molecule has 1 N–H and O–H groups in total. The van der Waals surface area contributed by atoms with E-state index in [1.54, 1.807) is 43.7 Å². The Kier molecular flexibility index (Phi) is 5.26. The highest BCUT2D eigenvalue weighted by Crippen LogP contribution is 2.40. The van der Waals surface area contributed by atoms with Crippen LogP contribution in [0.5, 0.6) is 11.5 Å². The Morgan fingerprint density at radius 3 is 2.58 bits per heavy atom. The number of aryl methyl sites for hydroxylation is 1. The van der Waals surface area contributed by atoms with E-state index in [4.69, 9.17) is 14.0 Å². The number of methoxy groups -OCH3 is 2. The van der Waals surface area contributed by atoms with Crippen LogP contribution >= 0.6 is 27.3 Å². The Bertz CT molecular complexity index is 1040. The summed E-state index contributed by atoms with van der Waals surface area (Å²) >= 11 is 4.35. The number of hydrogen-bond acceptors (Lipinski definition) is 7. The molecule has 0 spiro atoms. The third-order valence-electron chi connectivity index (χ3n) is 3.59. The summed E-state index contributed by atoms with van der Waals surface area (Å²) in [4.78, 5) is 0. The van der Waals surface area contributed by atoms with Gasteiger partial charge in [-0.15, -0.1) is 11.3 Å². The maximum atomic E-state index is 12.9. The van der Waals surface area contributed by atoms with Gasteiger partial charge in [0.1, 0.15) is 20.2 Å². The summed E-state index contributed by atoms with van der Waals surface area (Å²) in [5, 5.41) is 5.43. The van der Waals surface area contributed by atoms with Crippen LogP contribution in [0.1, 0.15) is 5.69 Å². The lowest BCUT2D eigenvalue weighted by Crippen LogP contribution is -2.12. The molecule has 0 aliphatic rings. The lowest BCUT2D eigenvalue weighted by atomic mass is 10.1. The minimum Gasteiger partial charge on any atom is -0.497 e. The first-order valence-corrected chi connectivity index (χ1v) is 10.5. The lowest BCUT2D eigenvalue weighted by Gasteiger charge is -2.11. The number of sulfonamides is 1. The molecule has 1 aromatic carbocycles. The molecule has 2 aromatic heterocycles. The molecule has 0 aliphatic carbocycles. The van der Waals surface area contributed by atoms with Crippen LogP contribution in [0.3, 0.4) is 0 Å². The molecule has 0 saturated carbocycles. The number of nitrogens with one attached hydrogen (secondary N) is 1. The normalized spacial score (nSPS) is 11.4. The summed E-state index contributed by atoms with van der Waals surface area (Å²) in [5.74, 6) is 1.16. The van der Waals surface area contributed by atoms with Crippen LogP contribution in [0.2, 0.25) is 0 Å². The molecule has 0 fully saturated rings. The van der Waals surface area contributed by atoms with E-state index in [2.05, 4.69) is 25.8 Å². The molecular formula is C16H15BrN2O5S2. The Hall–Kier alpha value is -2.04. The molecular weight excluding hydrogens is 444 g/mol. The molecule has 0 saturated heterocycles. The third kappa shape index (κ3) is 3.44. The SMILES string of the molecule is COc1ccc(-c2ccsc2S(=O)(=O)Nc2onc(C)c2Br)c(OC)c1. The van der Waals surface area contributed by atoms with Crippen LogP contribution < -0.4 is 14.2 Å². The second-order valence-electron chi connectivity index (χ2n) is 5.20. The molecule has 138 valence electrons. The zero-order valence-corrected chi connectivity index (χ0v) is 17.3. The van der Waals surface area contributed by atoms with Crippen molar-refractivity contribution in [2.45, 2.75) is 11.1 Å². The molecule has 0 bridgehead atoms. The van der Waals surface area contributed by atoms with Gasteiger partial charge in [-0.05, 0) is 46.4 Å². The Balaban J connectivity index is 2.04. The van der Waals surface area contributed by atoms with Crippen molar-refractivity contribution in [2.75, 3.05) is 18.9 Å². The van der Waals surface area contributed by atoms with Crippen molar-refractivity contribution in [1.29, 1.82) is 0 Å². The van der Waals surface area contributed by atoms with E-state index in [0.717, 1.165) is 11.3 Å². The summed E-state index contributed by atoms with van der Waals surface area (Å²) in [6.07, 6.45) is 0. The average molecular weight is 459 g/mol. The van der Waals surface area contributed by atoms with Crippen molar-refractivity contribution in [2.24, 2.45) is 0 Å². The fourth-order valence-electron chi connectivity index (χ4n) is 2.31. The van der Waals surface area contributed by atoms with Gasteiger partial charge in [0, 0.05) is 17.2 Å². The van der Waals surface area contributed by atoms with E-state index >= 15 is 0 Å². The van der Waals surface area contributed by atoms with Crippen LogP contribution in [0, 0.1) is 6.92 Å². The number of halogens is 1. The van der Waals surface area contributed by atoms with E-state index in [0.29, 0.717) is 32.8 Å². The molecule has 0 amide bonds. The van der Waals surface area contributed by atoms with Gasteiger partial charge in [-0.1, -0.05) is 5.16 Å². The highest BCUT2D eigenvalue weighted by molar-refractivity contribution is 9.10. The van der Waals surface area contributed by atoms with E-state index in [1.165, 1.54) is 7.11 Å². The molecule has 7 nitrogen and oxygen atoms in total. The van der Waals surface area contributed by atoms with Gasteiger partial charge >= 0.3 is 0 Å². The summed E-state index contributed by atoms with van der Waals surface area (Å²) in [7, 11) is -0.810. The van der Waals surface area contributed by atoms with Crippen LogP contribution in [0.15, 0.2) is 42.9 Å². The molecule has 0 unspecified atom stereocenters. The van der Waals surface area contributed by atoms with Gasteiger partial charge in [0.05, 0.1) is 19.9 Å². The van der Waals surface area contributed by atoms with Crippen molar-refractivity contribution in [3.63, 3.8) is 0 Å². The van der Waals surface area contributed by atoms with Crippen molar-refractivity contribution in [3.05, 3.63) is 39.8 Å². The van der Waals surface area contributed by atoms with Gasteiger partial charge in [0.2, 0.25) is 0 Å². The highest BCUT2D eigenvalue weighted by atomic mass is 79.9. The van der Waals surface area contributed by atoms with E-state index in [9.17, 15) is 8.42 Å². The van der Waals surface area contributed by atoms with Crippen molar-refractivity contribution >= 4 is 43.2 Å². The summed E-state index contributed by atoms with van der Waals surface area (Å²) in [5.41, 5.74) is 1.71. The molecule has 10 heteroatoms. The van der Waals surface area contributed by atoms with Gasteiger partial charge in [0.25, 0.3) is 15.9 Å². The largest absolute Gasteiger partial charge is 0.497 e. The highest BCUT2D eigenvalue weighted by Gasteiger charge is 2.26. The summed E-state index contributed by atoms with van der Waals surface area (Å²) in [6, 6.07) is 6.93. The number of rotatable bonds is 6. The maximum absolute atomic E-state index is 12.9. The Morgan fingerprint density at radius 1 is 1.19 bits per heavy atom. The van der Waals surface area contributed by atoms with Gasteiger partial charge in [-0.2, -0.15) is 0 Å². The molecule has 3 aromatic rings. The standard InChI is InChI=1S/C16H15BrN2O5S2/c1-9-14(17)15(24-18-9)19-26(20,21)16-12(6-7-25-16)11-5-4-10(22-2)8-13(11)23-3/h4-8,19H,1-3H3. The topological polar surface area (TPSA) is 90.7 Å². The fourth-order valence-corrected chi connectivity index (χ4v) is 5.06. The average Bonchev–Trinajstić information content (AvgIpc) is 3.24. The first-order chi connectivity index (χ1) is 12.4. The molecule has 0 aliphatic heterocycles. The Morgan fingerprint density at radius 2 is 1.96 bits per heavy atom. The van der Waals surface area contributed by atoms with Crippen LogP contribution in [-0.2, 0) is 10.0 Å². The molecule has 0 radical (unpaired) electrons. The predicted octanol–water partition coefficient (Wildman–Crippen LogP) is 4.29. The number of thiophene rings is 1. The van der Waals surface area contributed by atoms with E-state index in [-0.39, 0.29) is 10.1 Å². The fraction of sp³-hybridized carbons (Fsp3) is 0.188.